The average molecular weight is 371 g/mol. The number of carbonyl (C=O) groups is 1. The van der Waals surface area contributed by atoms with Gasteiger partial charge in [0.05, 0.1) is 19.8 Å². The summed E-state index contributed by atoms with van der Waals surface area (Å²) in [5.74, 6) is -0.384. The molecule has 0 unspecified atom stereocenters. The molecule has 3 aromatic heterocycles. The molecule has 0 atom stereocenters. The summed E-state index contributed by atoms with van der Waals surface area (Å²) in [6, 6.07) is 6.75. The Morgan fingerprint density at radius 3 is 2.85 bits per heavy atom. The van der Waals surface area contributed by atoms with Gasteiger partial charge in [-0.15, -0.1) is 0 Å². The number of ether oxygens (including phenoxy) is 2. The minimum Gasteiger partial charge on any atom is -0.465 e. The van der Waals surface area contributed by atoms with Crippen LogP contribution in [-0.2, 0) is 16.0 Å². The lowest BCUT2D eigenvalue weighted by atomic mass is 10.2. The third-order valence-corrected chi connectivity index (χ3v) is 4.24. The Morgan fingerprint density at radius 2 is 2.15 bits per heavy atom. The highest BCUT2D eigenvalue weighted by Crippen LogP contribution is 2.15. The van der Waals surface area contributed by atoms with Crippen LogP contribution in [0.5, 0.6) is 0 Å². The van der Waals surface area contributed by atoms with Gasteiger partial charge >= 0.3 is 5.97 Å². The highest BCUT2D eigenvalue weighted by Gasteiger charge is 2.24. The van der Waals surface area contributed by atoms with Crippen molar-refractivity contribution in [1.29, 1.82) is 0 Å². The van der Waals surface area contributed by atoms with Crippen molar-refractivity contribution in [3.8, 4) is 0 Å². The first-order valence-electron chi connectivity index (χ1n) is 8.77. The summed E-state index contributed by atoms with van der Waals surface area (Å²) < 4.78 is 13.5. The number of aromatic nitrogens is 3. The second-order valence-electron chi connectivity index (χ2n) is 6.44. The summed E-state index contributed by atoms with van der Waals surface area (Å²) >= 11 is 0. The number of nitrogen functional groups attached to an aromatic ring is 1. The smallest absolute Gasteiger partial charge is 0.344 e. The number of nitrogens with zero attached hydrogens (tertiary/aromatic N) is 3. The number of rotatable bonds is 6. The van der Waals surface area contributed by atoms with E-state index in [2.05, 4.69) is 4.98 Å². The Hall–Kier alpha value is -3.00. The zero-order valence-electron chi connectivity index (χ0n) is 15.6. The molecule has 0 aliphatic heterocycles. The number of esters is 1. The van der Waals surface area contributed by atoms with Crippen LogP contribution in [0.25, 0.3) is 16.7 Å². The minimum atomic E-state index is -0.598. The lowest BCUT2D eigenvalue weighted by molar-refractivity contribution is -0.659. The maximum absolute atomic E-state index is 12.9. The Morgan fingerprint density at radius 1 is 1.37 bits per heavy atom. The van der Waals surface area contributed by atoms with Crippen LogP contribution in [0.1, 0.15) is 30.6 Å². The number of hydrogen-bond acceptors (Lipinski definition) is 6. The van der Waals surface area contributed by atoms with Crippen molar-refractivity contribution in [3.63, 3.8) is 0 Å². The lowest BCUT2D eigenvalue weighted by Gasteiger charge is -2.12. The van der Waals surface area contributed by atoms with E-state index in [-0.39, 0.29) is 23.0 Å². The van der Waals surface area contributed by atoms with E-state index in [1.807, 2.05) is 13.8 Å². The average Bonchev–Trinajstić information content (AvgIpc) is 2.66. The molecule has 2 N–H and O–H groups in total. The molecule has 3 rings (SSSR count). The molecular weight excluding hydrogens is 348 g/mol. The van der Waals surface area contributed by atoms with Gasteiger partial charge < -0.3 is 15.2 Å². The van der Waals surface area contributed by atoms with Gasteiger partial charge in [0.15, 0.2) is 0 Å². The van der Waals surface area contributed by atoms with E-state index in [4.69, 9.17) is 15.2 Å². The predicted octanol–water partition coefficient (Wildman–Crippen LogP) is 1.32. The van der Waals surface area contributed by atoms with Gasteiger partial charge in [-0.25, -0.2) is 9.36 Å². The lowest BCUT2D eigenvalue weighted by Crippen LogP contribution is -2.42. The molecular formula is C19H23N4O4+. The monoisotopic (exact) mass is 371 g/mol. The third-order valence-electron chi connectivity index (χ3n) is 4.24. The summed E-state index contributed by atoms with van der Waals surface area (Å²) in [5.41, 5.74) is 7.05. The van der Waals surface area contributed by atoms with Crippen LogP contribution < -0.4 is 15.9 Å². The van der Waals surface area contributed by atoms with E-state index >= 15 is 0 Å². The van der Waals surface area contributed by atoms with Crippen molar-refractivity contribution in [2.24, 2.45) is 0 Å². The zero-order valence-corrected chi connectivity index (χ0v) is 15.6. The summed E-state index contributed by atoms with van der Waals surface area (Å²) in [4.78, 5) is 29.7. The number of nitrogens with two attached hydrogens (primary N) is 1. The van der Waals surface area contributed by atoms with Crippen LogP contribution in [0.15, 0.2) is 35.3 Å². The fraction of sp³-hybridized carbons (Fsp3) is 0.368. The molecule has 8 nitrogen and oxygen atoms in total. The number of pyridine rings is 2. The maximum Gasteiger partial charge on any atom is 0.344 e. The minimum absolute atomic E-state index is 0.122. The molecule has 0 fully saturated rings. The molecule has 0 spiro atoms. The molecule has 0 aliphatic carbocycles. The SMILES string of the molecule is COC(=O)c1cc2c(=O)n3ccccc3nc2[n+](CCCOC(C)C)c1N. The Labute approximate surface area is 156 Å². The molecule has 27 heavy (non-hydrogen) atoms. The highest BCUT2D eigenvalue weighted by atomic mass is 16.5. The van der Waals surface area contributed by atoms with Gasteiger partial charge in [-0.2, -0.15) is 0 Å². The second-order valence-corrected chi connectivity index (χ2v) is 6.44. The van der Waals surface area contributed by atoms with E-state index in [1.54, 1.807) is 29.0 Å². The van der Waals surface area contributed by atoms with Crippen LogP contribution in [0.3, 0.4) is 0 Å². The van der Waals surface area contributed by atoms with Crippen molar-refractivity contribution in [3.05, 3.63) is 46.4 Å². The molecule has 0 saturated carbocycles. The zero-order chi connectivity index (χ0) is 19.6. The molecule has 0 aliphatic rings. The molecule has 0 bridgehead atoms. The topological polar surface area (TPSA) is 99.8 Å². The van der Waals surface area contributed by atoms with Gasteiger partial charge in [-0.1, -0.05) is 11.1 Å². The molecule has 0 aromatic carbocycles. The number of hydrogen-bond donors (Lipinski definition) is 1. The summed E-state index contributed by atoms with van der Waals surface area (Å²) in [6.07, 6.45) is 2.42. The van der Waals surface area contributed by atoms with E-state index < -0.39 is 5.97 Å². The number of fused-ring (bicyclic) bond motifs is 2. The standard InChI is InChI=1S/C19H22N4O4/c1-12(2)27-10-6-9-23-16(20)13(19(25)26-3)11-14-17(23)21-15-7-4-5-8-22(15)18(14)24/h4-5,7-8,11-12,20H,6,9-10H2,1-3H3/p+1. The van der Waals surface area contributed by atoms with Gasteiger partial charge in [0.2, 0.25) is 11.5 Å². The van der Waals surface area contributed by atoms with E-state index in [0.717, 1.165) is 0 Å². The van der Waals surface area contributed by atoms with Crippen molar-refractivity contribution in [2.75, 3.05) is 19.5 Å². The number of carbonyl (C=O) groups excluding carboxylic acids is 1. The summed E-state index contributed by atoms with van der Waals surface area (Å²) in [6.45, 7) is 4.91. The number of methoxy groups -OCH3 is 1. The van der Waals surface area contributed by atoms with Crippen molar-refractivity contribution in [2.45, 2.75) is 32.9 Å². The van der Waals surface area contributed by atoms with Gasteiger partial charge in [-0.3, -0.25) is 9.20 Å². The quantitative estimate of drug-likeness (QED) is 0.304. The maximum atomic E-state index is 12.9. The fourth-order valence-corrected chi connectivity index (χ4v) is 2.94. The Kier molecular flexibility index (Phi) is 5.36. The molecule has 142 valence electrons. The Balaban J connectivity index is 2.21. The first-order valence-corrected chi connectivity index (χ1v) is 8.77. The van der Waals surface area contributed by atoms with Crippen molar-refractivity contribution in [1.82, 2.24) is 9.38 Å². The fourth-order valence-electron chi connectivity index (χ4n) is 2.94. The Bertz CT molecular complexity index is 1060. The van der Waals surface area contributed by atoms with Crippen LogP contribution in [-0.4, -0.2) is 35.2 Å². The second kappa shape index (κ2) is 7.71. The van der Waals surface area contributed by atoms with Crippen molar-refractivity contribution < 1.29 is 18.8 Å². The van der Waals surface area contributed by atoms with Gasteiger partial charge in [0, 0.05) is 19.2 Å². The molecule has 0 amide bonds. The van der Waals surface area contributed by atoms with E-state index in [1.165, 1.54) is 17.6 Å². The summed E-state index contributed by atoms with van der Waals surface area (Å²) in [7, 11) is 1.28. The highest BCUT2D eigenvalue weighted by molar-refractivity contribution is 5.96. The van der Waals surface area contributed by atoms with Gasteiger partial charge in [0.1, 0.15) is 10.9 Å². The predicted molar refractivity (Wildman–Crippen MR) is 101 cm³/mol. The third kappa shape index (κ3) is 3.61. The normalized spacial score (nSPS) is 11.4. The molecule has 3 aromatic rings. The molecule has 8 heteroatoms. The molecule has 3 heterocycles. The molecule has 0 radical (unpaired) electrons. The summed E-state index contributed by atoms with van der Waals surface area (Å²) in [5, 5.41) is 0.304. The number of aryl methyl sites for hydroxylation is 1. The van der Waals surface area contributed by atoms with E-state index in [9.17, 15) is 9.59 Å². The number of anilines is 1. The van der Waals surface area contributed by atoms with Crippen LogP contribution in [0.4, 0.5) is 5.82 Å². The van der Waals surface area contributed by atoms with Gasteiger partial charge in [0.25, 0.3) is 11.2 Å². The van der Waals surface area contributed by atoms with Crippen molar-refractivity contribution >= 4 is 28.5 Å². The van der Waals surface area contributed by atoms with Crippen LogP contribution in [0, 0.1) is 0 Å². The van der Waals surface area contributed by atoms with Crippen LogP contribution >= 0.6 is 0 Å². The largest absolute Gasteiger partial charge is 0.465 e. The van der Waals surface area contributed by atoms with E-state index in [0.29, 0.717) is 36.3 Å². The first kappa shape index (κ1) is 18.8. The molecule has 0 saturated heterocycles. The van der Waals surface area contributed by atoms with Gasteiger partial charge in [-0.05, 0) is 32.0 Å². The van der Waals surface area contributed by atoms with Crippen LogP contribution in [0.2, 0.25) is 0 Å². The first-order chi connectivity index (χ1) is 12.9.